The average molecular weight is 329 g/mol. The highest BCUT2D eigenvalue weighted by atomic mass is 32.2. The third-order valence-corrected chi connectivity index (χ3v) is 5.75. The maximum atomic E-state index is 12.8. The van der Waals surface area contributed by atoms with Crippen LogP contribution in [0.2, 0.25) is 0 Å². The number of fused-ring (bicyclic) bond motifs is 1. The van der Waals surface area contributed by atoms with Crippen LogP contribution in [-0.2, 0) is 17.8 Å². The van der Waals surface area contributed by atoms with Gasteiger partial charge < -0.3 is 4.90 Å². The summed E-state index contributed by atoms with van der Waals surface area (Å²) >= 11 is 1.71. The summed E-state index contributed by atoms with van der Waals surface area (Å²) in [6, 6.07) is 8.34. The van der Waals surface area contributed by atoms with Crippen molar-refractivity contribution in [3.63, 3.8) is 0 Å². The third-order valence-electron chi connectivity index (χ3n) is 4.44. The van der Waals surface area contributed by atoms with Crippen LogP contribution in [0, 0.1) is 0 Å². The Morgan fingerprint density at radius 3 is 2.83 bits per heavy atom. The van der Waals surface area contributed by atoms with Crippen LogP contribution in [0.4, 0.5) is 0 Å². The molecular formula is C16H19N5OS. The van der Waals surface area contributed by atoms with Crippen LogP contribution in [0.15, 0.2) is 35.5 Å². The Morgan fingerprint density at radius 2 is 2.09 bits per heavy atom. The topological polar surface area (TPSA) is 65.1 Å². The van der Waals surface area contributed by atoms with E-state index < -0.39 is 0 Å². The molecule has 1 N–H and O–H groups in total. The van der Waals surface area contributed by atoms with Gasteiger partial charge in [-0.15, -0.1) is 11.8 Å². The van der Waals surface area contributed by atoms with Crippen molar-refractivity contribution >= 4 is 17.7 Å². The molecule has 1 amide bonds. The highest BCUT2D eigenvalue weighted by Gasteiger charge is 2.32. The normalized spacial score (nSPS) is 21.4. The number of rotatable bonds is 3. The van der Waals surface area contributed by atoms with Gasteiger partial charge in [0.05, 0.1) is 11.8 Å². The number of hydrogen-bond acceptors (Lipinski definition) is 5. The molecule has 0 aliphatic carbocycles. The molecule has 0 bridgehead atoms. The second-order valence-electron chi connectivity index (χ2n) is 5.95. The van der Waals surface area contributed by atoms with Crippen LogP contribution >= 0.6 is 11.8 Å². The van der Waals surface area contributed by atoms with E-state index in [0.717, 1.165) is 45.0 Å². The van der Waals surface area contributed by atoms with E-state index in [-0.39, 0.29) is 11.2 Å². The zero-order valence-electron chi connectivity index (χ0n) is 12.8. The Hall–Kier alpha value is -1.86. The molecular weight excluding hydrogens is 310 g/mol. The summed E-state index contributed by atoms with van der Waals surface area (Å²) in [5, 5.41) is 6.81. The van der Waals surface area contributed by atoms with Gasteiger partial charge in [0, 0.05) is 31.1 Å². The van der Waals surface area contributed by atoms with E-state index in [9.17, 15) is 4.79 Å². The second kappa shape index (κ2) is 6.33. The summed E-state index contributed by atoms with van der Waals surface area (Å²) in [6.07, 6.45) is 2.39. The Balaban J connectivity index is 1.31. The number of carbonyl (C=O) groups excluding carboxylic acids is 1. The van der Waals surface area contributed by atoms with Gasteiger partial charge in [-0.3, -0.25) is 14.8 Å². The van der Waals surface area contributed by atoms with Gasteiger partial charge in [-0.1, -0.05) is 18.2 Å². The number of thioether (sulfide) groups is 1. The average Bonchev–Trinajstić information content (AvgIpc) is 3.24. The lowest BCUT2D eigenvalue weighted by molar-refractivity contribution is -0.132. The van der Waals surface area contributed by atoms with E-state index in [1.54, 1.807) is 11.8 Å². The van der Waals surface area contributed by atoms with Crippen molar-refractivity contribution in [2.24, 2.45) is 0 Å². The molecule has 2 aliphatic rings. The van der Waals surface area contributed by atoms with E-state index in [1.165, 1.54) is 16.8 Å². The molecule has 4 rings (SSSR count). The molecule has 2 aliphatic heterocycles. The monoisotopic (exact) mass is 329 g/mol. The first-order valence-corrected chi connectivity index (χ1v) is 8.77. The minimum absolute atomic E-state index is 0.0493. The number of amides is 1. The lowest BCUT2D eigenvalue weighted by atomic mass is 10.1. The SMILES string of the molecule is O=C(C1Cc2ccccc2S1)N1CCN(Cc2ncn[nH]2)CC1. The number of piperazine rings is 1. The maximum Gasteiger partial charge on any atom is 0.236 e. The van der Waals surface area contributed by atoms with Gasteiger partial charge in [0.15, 0.2) is 0 Å². The van der Waals surface area contributed by atoms with E-state index in [0.29, 0.717) is 0 Å². The summed E-state index contributed by atoms with van der Waals surface area (Å²) in [6.45, 7) is 4.12. The smallest absolute Gasteiger partial charge is 0.236 e. The largest absolute Gasteiger partial charge is 0.339 e. The summed E-state index contributed by atoms with van der Waals surface area (Å²) in [7, 11) is 0. The molecule has 7 heteroatoms. The first-order valence-electron chi connectivity index (χ1n) is 7.89. The van der Waals surface area contributed by atoms with Crippen LogP contribution in [0.5, 0.6) is 0 Å². The number of nitrogens with zero attached hydrogens (tertiary/aromatic N) is 4. The molecule has 1 saturated heterocycles. The summed E-state index contributed by atoms with van der Waals surface area (Å²) in [5.74, 6) is 1.16. The van der Waals surface area contributed by atoms with Crippen LogP contribution in [0.25, 0.3) is 0 Å². The highest BCUT2D eigenvalue weighted by molar-refractivity contribution is 8.01. The predicted octanol–water partition coefficient (Wildman–Crippen LogP) is 1.17. The van der Waals surface area contributed by atoms with Crippen LogP contribution in [-0.4, -0.2) is 62.3 Å². The standard InChI is InChI=1S/C16H19N5OS/c22-16(14-9-12-3-1-2-4-13(12)23-14)21-7-5-20(6-8-21)10-15-17-11-18-19-15/h1-4,11,14H,5-10H2,(H,17,18,19). The number of nitrogens with one attached hydrogen (secondary N) is 1. The molecule has 0 radical (unpaired) electrons. The Bertz CT molecular complexity index is 657. The number of hydrogen-bond donors (Lipinski definition) is 1. The van der Waals surface area contributed by atoms with E-state index in [2.05, 4.69) is 38.3 Å². The van der Waals surface area contributed by atoms with Crippen molar-refractivity contribution in [2.45, 2.75) is 23.1 Å². The lowest BCUT2D eigenvalue weighted by Gasteiger charge is -2.35. The van der Waals surface area contributed by atoms with E-state index in [1.807, 2.05) is 11.0 Å². The number of carbonyl (C=O) groups is 1. The lowest BCUT2D eigenvalue weighted by Crippen LogP contribution is -2.50. The molecule has 3 heterocycles. The Morgan fingerprint density at radius 1 is 1.26 bits per heavy atom. The molecule has 6 nitrogen and oxygen atoms in total. The molecule has 1 unspecified atom stereocenters. The molecule has 1 atom stereocenters. The number of aromatic amines is 1. The zero-order chi connectivity index (χ0) is 15.6. The molecule has 0 spiro atoms. The van der Waals surface area contributed by atoms with Crippen LogP contribution in [0.1, 0.15) is 11.4 Å². The van der Waals surface area contributed by atoms with Crippen LogP contribution < -0.4 is 0 Å². The Kier molecular flexibility index (Phi) is 4.05. The van der Waals surface area contributed by atoms with Gasteiger partial charge in [0.25, 0.3) is 0 Å². The minimum Gasteiger partial charge on any atom is -0.339 e. The van der Waals surface area contributed by atoms with Crippen molar-refractivity contribution in [3.05, 3.63) is 42.0 Å². The van der Waals surface area contributed by atoms with E-state index >= 15 is 0 Å². The molecule has 120 valence electrons. The summed E-state index contributed by atoms with van der Waals surface area (Å²) in [5.41, 5.74) is 1.31. The number of benzene rings is 1. The van der Waals surface area contributed by atoms with Crippen molar-refractivity contribution < 1.29 is 4.79 Å². The molecule has 23 heavy (non-hydrogen) atoms. The van der Waals surface area contributed by atoms with Crippen molar-refractivity contribution in [1.29, 1.82) is 0 Å². The fourth-order valence-corrected chi connectivity index (χ4v) is 4.45. The molecule has 2 aromatic rings. The number of H-pyrrole nitrogens is 1. The van der Waals surface area contributed by atoms with Crippen molar-refractivity contribution in [2.75, 3.05) is 26.2 Å². The van der Waals surface area contributed by atoms with Gasteiger partial charge in [-0.05, 0) is 18.1 Å². The summed E-state index contributed by atoms with van der Waals surface area (Å²) < 4.78 is 0. The number of aromatic nitrogens is 3. The fraction of sp³-hybridized carbons (Fsp3) is 0.438. The van der Waals surface area contributed by atoms with Gasteiger partial charge in [0.2, 0.25) is 5.91 Å². The first-order chi connectivity index (χ1) is 11.3. The third kappa shape index (κ3) is 3.11. The van der Waals surface area contributed by atoms with Gasteiger partial charge in [-0.25, -0.2) is 4.98 Å². The molecule has 1 aromatic carbocycles. The quantitative estimate of drug-likeness (QED) is 0.916. The van der Waals surface area contributed by atoms with Crippen molar-refractivity contribution in [1.82, 2.24) is 25.0 Å². The molecule has 0 saturated carbocycles. The molecule has 1 fully saturated rings. The first kappa shape index (κ1) is 14.7. The van der Waals surface area contributed by atoms with Crippen LogP contribution in [0.3, 0.4) is 0 Å². The minimum atomic E-state index is 0.0493. The maximum absolute atomic E-state index is 12.8. The van der Waals surface area contributed by atoms with Gasteiger partial charge in [0.1, 0.15) is 12.2 Å². The highest BCUT2D eigenvalue weighted by Crippen LogP contribution is 2.37. The second-order valence-corrected chi connectivity index (χ2v) is 7.20. The Labute approximate surface area is 139 Å². The van der Waals surface area contributed by atoms with Crippen molar-refractivity contribution in [3.8, 4) is 0 Å². The summed E-state index contributed by atoms with van der Waals surface area (Å²) in [4.78, 5) is 22.5. The van der Waals surface area contributed by atoms with E-state index in [4.69, 9.17) is 0 Å². The van der Waals surface area contributed by atoms with Gasteiger partial charge in [-0.2, -0.15) is 5.10 Å². The fourth-order valence-electron chi connectivity index (χ4n) is 3.17. The zero-order valence-corrected chi connectivity index (χ0v) is 13.6. The predicted molar refractivity (Wildman–Crippen MR) is 88.0 cm³/mol. The molecule has 1 aromatic heterocycles. The van der Waals surface area contributed by atoms with Gasteiger partial charge >= 0.3 is 0 Å².